The smallest absolute Gasteiger partial charge is 0.243 e. The third-order valence-corrected chi connectivity index (χ3v) is 5.95. The molecule has 0 unspecified atom stereocenters. The Bertz CT molecular complexity index is 780. The molecule has 0 aliphatic carbocycles. The molecule has 2 N–H and O–H groups in total. The molecule has 1 aromatic carbocycles. The summed E-state index contributed by atoms with van der Waals surface area (Å²) in [5.41, 5.74) is 6.48. The number of benzene rings is 1. The zero-order chi connectivity index (χ0) is 17.2. The number of rotatable bonds is 5. The Morgan fingerprint density at radius 1 is 1.17 bits per heavy atom. The molecule has 1 aliphatic rings. The van der Waals surface area contributed by atoms with Gasteiger partial charge in [0, 0.05) is 26.2 Å². The van der Waals surface area contributed by atoms with Gasteiger partial charge in [-0.05, 0) is 19.1 Å². The van der Waals surface area contributed by atoms with Crippen molar-refractivity contribution in [2.24, 2.45) is 5.73 Å². The molecule has 1 aliphatic heterocycles. The maximum Gasteiger partial charge on any atom is 0.243 e. The van der Waals surface area contributed by atoms with Gasteiger partial charge in [0.2, 0.25) is 15.9 Å². The van der Waals surface area contributed by atoms with Crippen LogP contribution in [-0.2, 0) is 23.1 Å². The summed E-state index contributed by atoms with van der Waals surface area (Å²) in [5.74, 6) is 0.982. The van der Waals surface area contributed by atoms with E-state index in [2.05, 4.69) is 15.0 Å². The second kappa shape index (κ2) is 6.98. The third kappa shape index (κ3) is 3.64. The first kappa shape index (κ1) is 17.0. The highest BCUT2D eigenvalue weighted by Crippen LogP contribution is 2.18. The number of aromatic nitrogens is 2. The van der Waals surface area contributed by atoms with Gasteiger partial charge in [0.15, 0.2) is 5.82 Å². The molecular weight excluding hydrogens is 330 g/mol. The van der Waals surface area contributed by atoms with Crippen molar-refractivity contribution in [3.63, 3.8) is 0 Å². The molecule has 0 amide bonds. The van der Waals surface area contributed by atoms with Crippen LogP contribution in [0.5, 0.6) is 0 Å². The molecule has 1 aromatic heterocycles. The first-order valence-corrected chi connectivity index (χ1v) is 9.24. The van der Waals surface area contributed by atoms with Crippen molar-refractivity contribution in [3.8, 4) is 0 Å². The summed E-state index contributed by atoms with van der Waals surface area (Å²) in [7, 11) is -3.43. The van der Waals surface area contributed by atoms with Crippen LogP contribution in [0.4, 0.5) is 0 Å². The number of sulfonamides is 1. The first-order chi connectivity index (χ1) is 11.5. The summed E-state index contributed by atoms with van der Waals surface area (Å²) < 4.78 is 31.8. The average molecular weight is 351 g/mol. The van der Waals surface area contributed by atoms with Crippen molar-refractivity contribution in [1.82, 2.24) is 19.3 Å². The SMILES string of the molecule is Cc1ccc(S(=O)(=O)N2CCN(Cc3noc(CN)n3)CC2)cc1. The number of hydrogen-bond acceptors (Lipinski definition) is 7. The molecule has 1 saturated heterocycles. The fourth-order valence-electron chi connectivity index (χ4n) is 2.62. The van der Waals surface area contributed by atoms with Crippen molar-refractivity contribution in [2.75, 3.05) is 26.2 Å². The fraction of sp³-hybridized carbons (Fsp3) is 0.467. The molecule has 3 rings (SSSR count). The molecular formula is C15H21N5O3S. The van der Waals surface area contributed by atoms with E-state index in [0.717, 1.165) is 5.56 Å². The quantitative estimate of drug-likeness (QED) is 0.828. The molecule has 9 heteroatoms. The van der Waals surface area contributed by atoms with E-state index in [0.29, 0.717) is 49.3 Å². The molecule has 24 heavy (non-hydrogen) atoms. The molecule has 0 saturated carbocycles. The van der Waals surface area contributed by atoms with Crippen LogP contribution in [0, 0.1) is 6.92 Å². The minimum atomic E-state index is -3.43. The number of aryl methyl sites for hydroxylation is 1. The Labute approximate surface area is 141 Å². The Balaban J connectivity index is 1.60. The van der Waals surface area contributed by atoms with Gasteiger partial charge in [-0.3, -0.25) is 4.90 Å². The minimum Gasteiger partial charge on any atom is -0.338 e. The van der Waals surface area contributed by atoms with Crippen LogP contribution in [-0.4, -0.2) is 53.9 Å². The van der Waals surface area contributed by atoms with E-state index >= 15 is 0 Å². The van der Waals surface area contributed by atoms with Gasteiger partial charge in [0.1, 0.15) is 0 Å². The van der Waals surface area contributed by atoms with Crippen LogP contribution in [0.3, 0.4) is 0 Å². The number of piperazine rings is 1. The summed E-state index contributed by atoms with van der Waals surface area (Å²) >= 11 is 0. The molecule has 1 fully saturated rings. The topological polar surface area (TPSA) is 106 Å². The lowest BCUT2D eigenvalue weighted by Gasteiger charge is -2.33. The first-order valence-electron chi connectivity index (χ1n) is 7.80. The fourth-order valence-corrected chi connectivity index (χ4v) is 4.05. The van der Waals surface area contributed by atoms with Gasteiger partial charge in [0.25, 0.3) is 0 Å². The van der Waals surface area contributed by atoms with Crippen molar-refractivity contribution in [1.29, 1.82) is 0 Å². The molecule has 0 radical (unpaired) electrons. The van der Waals surface area contributed by atoms with Gasteiger partial charge in [-0.15, -0.1) is 0 Å². The second-order valence-electron chi connectivity index (χ2n) is 5.80. The van der Waals surface area contributed by atoms with E-state index in [-0.39, 0.29) is 6.54 Å². The maximum atomic E-state index is 12.7. The highest BCUT2D eigenvalue weighted by Gasteiger charge is 2.28. The maximum absolute atomic E-state index is 12.7. The summed E-state index contributed by atoms with van der Waals surface area (Å²) in [6.07, 6.45) is 0. The summed E-state index contributed by atoms with van der Waals surface area (Å²) in [4.78, 5) is 6.61. The molecule has 130 valence electrons. The van der Waals surface area contributed by atoms with Crippen molar-refractivity contribution in [2.45, 2.75) is 24.9 Å². The van der Waals surface area contributed by atoms with Crippen LogP contribution in [0.25, 0.3) is 0 Å². The Morgan fingerprint density at radius 3 is 2.42 bits per heavy atom. The third-order valence-electron chi connectivity index (χ3n) is 4.04. The van der Waals surface area contributed by atoms with E-state index in [1.807, 2.05) is 19.1 Å². The normalized spacial score (nSPS) is 17.2. The van der Waals surface area contributed by atoms with Crippen molar-refractivity contribution in [3.05, 3.63) is 41.5 Å². The number of nitrogens with zero attached hydrogens (tertiary/aromatic N) is 4. The zero-order valence-corrected chi connectivity index (χ0v) is 14.4. The van der Waals surface area contributed by atoms with Crippen LogP contribution in [0.1, 0.15) is 17.3 Å². The lowest BCUT2D eigenvalue weighted by atomic mass is 10.2. The molecule has 2 heterocycles. The van der Waals surface area contributed by atoms with Crippen molar-refractivity contribution >= 4 is 10.0 Å². The summed E-state index contributed by atoms with van der Waals surface area (Å²) in [6, 6.07) is 6.94. The van der Waals surface area contributed by atoms with Gasteiger partial charge in [-0.2, -0.15) is 9.29 Å². The second-order valence-corrected chi connectivity index (χ2v) is 7.74. The van der Waals surface area contributed by atoms with Crippen LogP contribution < -0.4 is 5.73 Å². The standard InChI is InChI=1S/C15H21N5O3S/c1-12-2-4-13(5-3-12)24(21,22)20-8-6-19(7-9-20)11-14-17-15(10-16)23-18-14/h2-5H,6-11,16H2,1H3. The predicted molar refractivity (Wildman–Crippen MR) is 87.4 cm³/mol. The molecule has 8 nitrogen and oxygen atoms in total. The highest BCUT2D eigenvalue weighted by atomic mass is 32.2. The number of hydrogen-bond donors (Lipinski definition) is 1. The summed E-state index contributed by atoms with van der Waals surface area (Å²) in [6.45, 7) is 4.81. The van der Waals surface area contributed by atoms with E-state index < -0.39 is 10.0 Å². The largest absolute Gasteiger partial charge is 0.338 e. The monoisotopic (exact) mass is 351 g/mol. The van der Waals surface area contributed by atoms with E-state index in [4.69, 9.17) is 10.3 Å². The van der Waals surface area contributed by atoms with Gasteiger partial charge in [-0.25, -0.2) is 8.42 Å². The zero-order valence-electron chi connectivity index (χ0n) is 13.6. The molecule has 0 spiro atoms. The van der Waals surface area contributed by atoms with Gasteiger partial charge in [-0.1, -0.05) is 22.9 Å². The Kier molecular flexibility index (Phi) is 4.95. The molecule has 2 aromatic rings. The van der Waals surface area contributed by atoms with Gasteiger partial charge >= 0.3 is 0 Å². The Hall–Kier alpha value is -1.81. The predicted octanol–water partition coefficient (Wildman–Crippen LogP) is 0.343. The van der Waals surface area contributed by atoms with Crippen LogP contribution in [0.2, 0.25) is 0 Å². The van der Waals surface area contributed by atoms with Crippen molar-refractivity contribution < 1.29 is 12.9 Å². The highest BCUT2D eigenvalue weighted by molar-refractivity contribution is 7.89. The Morgan fingerprint density at radius 2 is 1.83 bits per heavy atom. The minimum absolute atomic E-state index is 0.218. The summed E-state index contributed by atoms with van der Waals surface area (Å²) in [5, 5.41) is 3.87. The van der Waals surface area contributed by atoms with E-state index in [1.54, 1.807) is 12.1 Å². The average Bonchev–Trinajstić information content (AvgIpc) is 3.03. The van der Waals surface area contributed by atoms with E-state index in [9.17, 15) is 8.42 Å². The lowest BCUT2D eigenvalue weighted by molar-refractivity contribution is 0.176. The molecule has 0 atom stereocenters. The van der Waals surface area contributed by atoms with Crippen LogP contribution >= 0.6 is 0 Å². The number of nitrogens with two attached hydrogens (primary N) is 1. The molecule has 0 bridgehead atoms. The van der Waals surface area contributed by atoms with Gasteiger partial charge in [0.05, 0.1) is 18.0 Å². The van der Waals surface area contributed by atoms with Gasteiger partial charge < -0.3 is 10.3 Å². The lowest BCUT2D eigenvalue weighted by Crippen LogP contribution is -2.48. The van der Waals surface area contributed by atoms with E-state index in [1.165, 1.54) is 4.31 Å². The van der Waals surface area contributed by atoms with Crippen LogP contribution in [0.15, 0.2) is 33.7 Å².